The van der Waals surface area contributed by atoms with Gasteiger partial charge in [-0.05, 0) is 62.4 Å². The highest BCUT2D eigenvalue weighted by molar-refractivity contribution is 7.89. The van der Waals surface area contributed by atoms with Gasteiger partial charge in [0, 0.05) is 25.4 Å². The molecule has 1 fully saturated rings. The number of aryl methyl sites for hydroxylation is 2. The number of hydrogen-bond donors (Lipinski definition) is 2. The van der Waals surface area contributed by atoms with Gasteiger partial charge in [-0.1, -0.05) is 6.92 Å². The van der Waals surface area contributed by atoms with E-state index in [4.69, 9.17) is 4.74 Å². The van der Waals surface area contributed by atoms with E-state index in [1.54, 1.807) is 25.3 Å². The number of piperidine rings is 1. The number of ether oxygens (including phenoxy) is 1. The van der Waals surface area contributed by atoms with Gasteiger partial charge in [0.2, 0.25) is 15.9 Å². The second-order valence-corrected chi connectivity index (χ2v) is 10.4. The van der Waals surface area contributed by atoms with Crippen LogP contribution in [0.25, 0.3) is 0 Å². The van der Waals surface area contributed by atoms with Gasteiger partial charge in [0.05, 0.1) is 16.5 Å². The summed E-state index contributed by atoms with van der Waals surface area (Å²) in [5, 5.41) is 5.58. The molecule has 1 aromatic heterocycles. The van der Waals surface area contributed by atoms with Crippen LogP contribution in [0.15, 0.2) is 35.4 Å². The Labute approximate surface area is 193 Å². The lowest BCUT2D eigenvalue weighted by Gasteiger charge is -2.32. The summed E-state index contributed by atoms with van der Waals surface area (Å²) in [6.45, 7) is 5.84. The van der Waals surface area contributed by atoms with E-state index < -0.39 is 22.0 Å². The minimum absolute atomic E-state index is 0.0890. The highest BCUT2D eigenvalue weighted by Crippen LogP contribution is 2.36. The maximum atomic E-state index is 13.5. The zero-order valence-corrected chi connectivity index (χ0v) is 19.7. The molecule has 0 spiro atoms. The monoisotopic (exact) mass is 472 g/mol. The zero-order valence-electron chi connectivity index (χ0n) is 18.9. The maximum Gasteiger partial charge on any atom is 0.265 e. The van der Waals surface area contributed by atoms with Gasteiger partial charge in [-0.15, -0.1) is 0 Å². The van der Waals surface area contributed by atoms with Crippen molar-refractivity contribution in [2.45, 2.75) is 51.0 Å². The van der Waals surface area contributed by atoms with Crippen LogP contribution in [0.4, 0.5) is 11.5 Å². The lowest BCUT2D eigenvalue weighted by Crippen LogP contribution is -2.44. The Morgan fingerprint density at radius 1 is 1.30 bits per heavy atom. The van der Waals surface area contributed by atoms with Crippen molar-refractivity contribution < 1.29 is 22.7 Å². The number of fused-ring (bicyclic) bond motifs is 1. The van der Waals surface area contributed by atoms with E-state index in [0.29, 0.717) is 48.6 Å². The van der Waals surface area contributed by atoms with Crippen molar-refractivity contribution in [2.24, 2.45) is 5.92 Å². The van der Waals surface area contributed by atoms with Crippen molar-refractivity contribution >= 4 is 33.3 Å². The van der Waals surface area contributed by atoms with E-state index >= 15 is 0 Å². The molecular formula is C23H28N4O5S. The Kier molecular flexibility index (Phi) is 6.40. The standard InChI is InChI=1S/C23H28N4O5S/c1-4-18-23(29)25-17-11-15(3)20(12-19(17)32-18)33(30,31)27-9-5-6-16(13-27)22(28)26-21-10-14(2)7-8-24-21/h7-8,10-12,16,18H,4-6,9,13H2,1-3H3,(H,25,29)(H,24,26,28)/t16-,18-/m1/s1. The Morgan fingerprint density at radius 2 is 2.09 bits per heavy atom. The average molecular weight is 473 g/mol. The lowest BCUT2D eigenvalue weighted by atomic mass is 9.99. The Bertz CT molecular complexity index is 1200. The molecule has 1 saturated heterocycles. The van der Waals surface area contributed by atoms with Crippen LogP contribution in [0.1, 0.15) is 37.3 Å². The molecule has 2 atom stereocenters. The van der Waals surface area contributed by atoms with Crippen molar-refractivity contribution in [1.82, 2.24) is 9.29 Å². The van der Waals surface area contributed by atoms with Gasteiger partial charge in [0.15, 0.2) is 6.10 Å². The summed E-state index contributed by atoms with van der Waals surface area (Å²) in [7, 11) is -3.86. The first-order chi connectivity index (χ1) is 15.7. The molecule has 2 aliphatic rings. The topological polar surface area (TPSA) is 118 Å². The Morgan fingerprint density at radius 3 is 2.82 bits per heavy atom. The van der Waals surface area contributed by atoms with Crippen LogP contribution in [-0.4, -0.2) is 48.7 Å². The minimum Gasteiger partial charge on any atom is -0.478 e. The number of nitrogens with zero attached hydrogens (tertiary/aromatic N) is 2. The number of benzene rings is 1. The van der Waals surface area contributed by atoms with Gasteiger partial charge in [0.1, 0.15) is 11.6 Å². The van der Waals surface area contributed by atoms with Crippen molar-refractivity contribution in [2.75, 3.05) is 23.7 Å². The number of hydrogen-bond acceptors (Lipinski definition) is 6. The molecule has 4 rings (SSSR count). The van der Waals surface area contributed by atoms with Crippen molar-refractivity contribution in [3.63, 3.8) is 0 Å². The van der Waals surface area contributed by atoms with E-state index in [9.17, 15) is 18.0 Å². The molecule has 2 aliphatic heterocycles. The van der Waals surface area contributed by atoms with Crippen molar-refractivity contribution in [1.29, 1.82) is 0 Å². The fourth-order valence-electron chi connectivity index (χ4n) is 4.18. The third kappa shape index (κ3) is 4.72. The molecule has 0 radical (unpaired) electrons. The molecule has 2 N–H and O–H groups in total. The summed E-state index contributed by atoms with van der Waals surface area (Å²) >= 11 is 0. The third-order valence-electron chi connectivity index (χ3n) is 6.01. The van der Waals surface area contributed by atoms with Gasteiger partial charge in [-0.3, -0.25) is 9.59 Å². The van der Waals surface area contributed by atoms with E-state index in [1.165, 1.54) is 10.4 Å². The summed E-state index contributed by atoms with van der Waals surface area (Å²) in [5.41, 5.74) is 1.94. The van der Waals surface area contributed by atoms with Gasteiger partial charge in [-0.2, -0.15) is 4.31 Å². The number of aromatic nitrogens is 1. The van der Waals surface area contributed by atoms with E-state index in [0.717, 1.165) is 5.56 Å². The highest BCUT2D eigenvalue weighted by atomic mass is 32.2. The summed E-state index contributed by atoms with van der Waals surface area (Å²) in [5.74, 6) is -0.175. The third-order valence-corrected chi connectivity index (χ3v) is 8.01. The van der Waals surface area contributed by atoms with Crippen molar-refractivity contribution in [3.8, 4) is 5.75 Å². The van der Waals surface area contributed by atoms with Crippen LogP contribution in [0.5, 0.6) is 5.75 Å². The van der Waals surface area contributed by atoms with Crippen LogP contribution >= 0.6 is 0 Å². The molecule has 3 heterocycles. The first-order valence-corrected chi connectivity index (χ1v) is 12.5. The molecule has 0 unspecified atom stereocenters. The van der Waals surface area contributed by atoms with Crippen molar-refractivity contribution in [3.05, 3.63) is 41.6 Å². The molecule has 2 amide bonds. The van der Waals surface area contributed by atoms with Crippen LogP contribution in [0.3, 0.4) is 0 Å². The number of carbonyl (C=O) groups excluding carboxylic acids is 2. The maximum absolute atomic E-state index is 13.5. The van der Waals surface area contributed by atoms with Crippen LogP contribution in [0, 0.1) is 19.8 Å². The summed E-state index contributed by atoms with van der Waals surface area (Å²) in [4.78, 5) is 29.2. The minimum atomic E-state index is -3.86. The normalized spacial score (nSPS) is 21.0. The summed E-state index contributed by atoms with van der Waals surface area (Å²) < 4.78 is 34.1. The smallest absolute Gasteiger partial charge is 0.265 e. The van der Waals surface area contributed by atoms with Gasteiger partial charge in [-0.25, -0.2) is 13.4 Å². The fraction of sp³-hybridized carbons (Fsp3) is 0.435. The quantitative estimate of drug-likeness (QED) is 0.691. The Balaban J connectivity index is 1.55. The van der Waals surface area contributed by atoms with E-state index in [-0.39, 0.29) is 23.3 Å². The SMILES string of the molecule is CC[C@H]1Oc2cc(S(=O)(=O)N3CCC[C@@H](C(=O)Nc4cc(C)ccn4)C3)c(C)cc2NC1=O. The molecule has 0 bridgehead atoms. The highest BCUT2D eigenvalue weighted by Gasteiger charge is 2.36. The number of carbonyl (C=O) groups is 2. The molecule has 176 valence electrons. The van der Waals surface area contributed by atoms with Crippen LogP contribution in [0.2, 0.25) is 0 Å². The molecule has 1 aromatic carbocycles. The summed E-state index contributed by atoms with van der Waals surface area (Å²) in [6.07, 6.45) is 2.61. The molecule has 2 aromatic rings. The molecule has 33 heavy (non-hydrogen) atoms. The molecule has 0 aliphatic carbocycles. The first-order valence-electron chi connectivity index (χ1n) is 11.0. The fourth-order valence-corrected chi connectivity index (χ4v) is 5.92. The van der Waals surface area contributed by atoms with Crippen LogP contribution in [-0.2, 0) is 19.6 Å². The number of rotatable bonds is 5. The average Bonchev–Trinajstić information content (AvgIpc) is 2.78. The number of amides is 2. The van der Waals surface area contributed by atoms with Gasteiger partial charge < -0.3 is 15.4 Å². The zero-order chi connectivity index (χ0) is 23.8. The lowest BCUT2D eigenvalue weighted by molar-refractivity contribution is -0.123. The molecule has 10 heteroatoms. The molecule has 0 saturated carbocycles. The molecule has 9 nitrogen and oxygen atoms in total. The van der Waals surface area contributed by atoms with E-state index in [2.05, 4.69) is 15.6 Å². The summed E-state index contributed by atoms with van der Waals surface area (Å²) in [6, 6.07) is 6.70. The second kappa shape index (κ2) is 9.11. The number of sulfonamides is 1. The predicted octanol–water partition coefficient (Wildman–Crippen LogP) is 2.85. The Hall–Kier alpha value is -2.98. The largest absolute Gasteiger partial charge is 0.478 e. The number of nitrogens with one attached hydrogen (secondary N) is 2. The number of pyridine rings is 1. The van der Waals surface area contributed by atoms with Crippen LogP contribution < -0.4 is 15.4 Å². The first kappa shape index (κ1) is 23.2. The predicted molar refractivity (Wildman–Crippen MR) is 124 cm³/mol. The second-order valence-electron chi connectivity index (χ2n) is 8.53. The molecular weight excluding hydrogens is 444 g/mol. The van der Waals surface area contributed by atoms with Gasteiger partial charge in [0.25, 0.3) is 5.91 Å². The van der Waals surface area contributed by atoms with Gasteiger partial charge >= 0.3 is 0 Å². The van der Waals surface area contributed by atoms with E-state index in [1.807, 2.05) is 19.9 Å². The number of anilines is 2.